The Morgan fingerprint density at radius 1 is 1.23 bits per heavy atom. The summed E-state index contributed by atoms with van der Waals surface area (Å²) in [5.74, 6) is 0.884. The van der Waals surface area contributed by atoms with Gasteiger partial charge in [0.15, 0.2) is 0 Å². The van der Waals surface area contributed by atoms with Gasteiger partial charge in [-0.1, -0.05) is 22.8 Å². The van der Waals surface area contributed by atoms with Crippen LogP contribution in [0.25, 0.3) is 22.2 Å². The highest BCUT2D eigenvalue weighted by molar-refractivity contribution is 6.31. The van der Waals surface area contributed by atoms with E-state index in [9.17, 15) is 9.18 Å². The topological polar surface area (TPSA) is 75.0 Å². The third-order valence-corrected chi connectivity index (χ3v) is 5.82. The number of aryl methyl sites for hydroxylation is 2. The van der Waals surface area contributed by atoms with E-state index < -0.39 is 5.82 Å². The molecular weight excluding hydrogens is 407 g/mol. The van der Waals surface area contributed by atoms with Crippen LogP contribution in [0.2, 0.25) is 5.02 Å². The van der Waals surface area contributed by atoms with Gasteiger partial charge in [0.1, 0.15) is 17.4 Å². The van der Waals surface area contributed by atoms with Crippen molar-refractivity contribution >= 4 is 34.2 Å². The van der Waals surface area contributed by atoms with E-state index >= 15 is 0 Å². The molecule has 1 N–H and O–H groups in total. The molecule has 5 rings (SSSR count). The second-order valence-electron chi connectivity index (χ2n) is 7.47. The van der Waals surface area contributed by atoms with Crippen molar-refractivity contribution < 1.29 is 13.7 Å². The lowest BCUT2D eigenvalue weighted by molar-refractivity contribution is -0.117. The summed E-state index contributed by atoms with van der Waals surface area (Å²) in [5, 5.41) is 4.01. The van der Waals surface area contributed by atoms with Gasteiger partial charge in [-0.15, -0.1) is 0 Å². The maximum atomic E-state index is 13.6. The van der Waals surface area contributed by atoms with E-state index in [0.717, 1.165) is 33.6 Å². The fraction of sp³-hybridized carbons (Fsp3) is 0.227. The van der Waals surface area contributed by atoms with E-state index in [0.29, 0.717) is 24.4 Å². The summed E-state index contributed by atoms with van der Waals surface area (Å²) in [5.41, 5.74) is 4.98. The summed E-state index contributed by atoms with van der Waals surface area (Å²) in [7, 11) is 0. The normalized spacial score (nSPS) is 16.7. The minimum Gasteiger partial charge on any atom is -0.361 e. The third-order valence-electron chi connectivity index (χ3n) is 5.53. The number of nitrogens with one attached hydrogen (secondary N) is 1. The first-order chi connectivity index (χ1) is 14.4. The third kappa shape index (κ3) is 2.97. The van der Waals surface area contributed by atoms with Gasteiger partial charge in [0.2, 0.25) is 5.91 Å². The number of hydrogen-bond donors (Lipinski definition) is 1. The Labute approximate surface area is 176 Å². The number of aromatic amines is 1. The summed E-state index contributed by atoms with van der Waals surface area (Å²) in [6.45, 7) is 3.78. The summed E-state index contributed by atoms with van der Waals surface area (Å²) in [6, 6.07) is 9.99. The number of anilines is 1. The van der Waals surface area contributed by atoms with Gasteiger partial charge in [-0.05, 0) is 56.2 Å². The van der Waals surface area contributed by atoms with Crippen LogP contribution in [0.4, 0.5) is 10.1 Å². The first-order valence-corrected chi connectivity index (χ1v) is 10.00. The van der Waals surface area contributed by atoms with Gasteiger partial charge in [-0.25, -0.2) is 9.37 Å². The Morgan fingerprint density at radius 3 is 2.80 bits per heavy atom. The van der Waals surface area contributed by atoms with Crippen LogP contribution in [0.5, 0.6) is 0 Å². The second-order valence-corrected chi connectivity index (χ2v) is 7.88. The van der Waals surface area contributed by atoms with Gasteiger partial charge in [0.25, 0.3) is 0 Å². The molecule has 1 atom stereocenters. The molecule has 2 aromatic carbocycles. The Kier molecular flexibility index (Phi) is 4.36. The van der Waals surface area contributed by atoms with Gasteiger partial charge >= 0.3 is 0 Å². The Balaban J connectivity index is 1.55. The first-order valence-electron chi connectivity index (χ1n) is 9.62. The molecule has 0 radical (unpaired) electrons. The second kappa shape index (κ2) is 6.95. The van der Waals surface area contributed by atoms with E-state index in [2.05, 4.69) is 10.1 Å². The molecule has 0 spiro atoms. The van der Waals surface area contributed by atoms with Gasteiger partial charge in [0.05, 0.1) is 27.8 Å². The zero-order valence-electron chi connectivity index (χ0n) is 16.4. The van der Waals surface area contributed by atoms with Crippen LogP contribution >= 0.6 is 11.6 Å². The van der Waals surface area contributed by atoms with Gasteiger partial charge in [-0.2, -0.15) is 0 Å². The summed E-state index contributed by atoms with van der Waals surface area (Å²) in [6.07, 6.45) is 1.01. The molecule has 1 aliphatic rings. The number of halogens is 2. The lowest BCUT2D eigenvalue weighted by atomic mass is 10.0. The number of fused-ring (bicyclic) bond motifs is 1. The Hall–Kier alpha value is -3.19. The van der Waals surface area contributed by atoms with Gasteiger partial charge in [0, 0.05) is 17.7 Å². The Morgan fingerprint density at radius 2 is 2.07 bits per heavy atom. The highest BCUT2D eigenvalue weighted by Crippen LogP contribution is 2.38. The highest BCUT2D eigenvalue weighted by atomic mass is 35.5. The predicted octanol–water partition coefficient (Wildman–Crippen LogP) is 5.50. The fourth-order valence-electron chi connectivity index (χ4n) is 4.14. The summed E-state index contributed by atoms with van der Waals surface area (Å²) >= 11 is 5.94. The average molecular weight is 425 g/mol. The minimum absolute atomic E-state index is 0.0142. The van der Waals surface area contributed by atoms with Crippen molar-refractivity contribution in [2.45, 2.75) is 32.7 Å². The van der Waals surface area contributed by atoms with Crippen molar-refractivity contribution in [2.75, 3.05) is 4.90 Å². The molecule has 4 aromatic rings. The molecule has 0 bridgehead atoms. The molecule has 3 heterocycles. The molecule has 1 aliphatic heterocycles. The molecule has 1 amide bonds. The molecule has 6 nitrogen and oxygen atoms in total. The van der Waals surface area contributed by atoms with Crippen LogP contribution < -0.4 is 4.90 Å². The number of aromatic nitrogens is 3. The maximum Gasteiger partial charge on any atom is 0.227 e. The van der Waals surface area contributed by atoms with Crippen LogP contribution in [0.15, 0.2) is 40.9 Å². The number of benzene rings is 2. The standard InChI is InChI=1S/C22H18ClFN4O2/c1-11-21(12(2)30-27-11)13-3-6-17-18(9-13)26-22(25-17)19-7-8-20(29)28(19)14-4-5-16(24)15(23)10-14/h3-6,9-10,19H,7-8H2,1-2H3,(H,25,26)/t19-/m0/s1. The molecule has 152 valence electrons. The van der Waals surface area contributed by atoms with E-state index in [-0.39, 0.29) is 17.0 Å². The molecule has 30 heavy (non-hydrogen) atoms. The van der Waals surface area contributed by atoms with E-state index in [1.807, 2.05) is 32.0 Å². The number of amides is 1. The fourth-order valence-corrected chi connectivity index (χ4v) is 4.31. The molecule has 0 unspecified atom stereocenters. The van der Waals surface area contributed by atoms with Crippen molar-refractivity contribution in [3.8, 4) is 11.1 Å². The molecular formula is C22H18ClFN4O2. The number of carbonyl (C=O) groups excluding carboxylic acids is 1. The zero-order valence-corrected chi connectivity index (χ0v) is 17.1. The van der Waals surface area contributed by atoms with Crippen molar-refractivity contribution in [1.82, 2.24) is 15.1 Å². The number of H-pyrrole nitrogens is 1. The molecule has 2 aromatic heterocycles. The van der Waals surface area contributed by atoms with Crippen molar-refractivity contribution in [3.05, 3.63) is 64.5 Å². The summed E-state index contributed by atoms with van der Waals surface area (Å²) in [4.78, 5) is 22.3. The van der Waals surface area contributed by atoms with Gasteiger partial charge in [-0.3, -0.25) is 4.79 Å². The molecule has 1 fully saturated rings. The monoisotopic (exact) mass is 424 g/mol. The predicted molar refractivity (Wildman–Crippen MR) is 112 cm³/mol. The van der Waals surface area contributed by atoms with Crippen LogP contribution in [0.1, 0.15) is 36.2 Å². The summed E-state index contributed by atoms with van der Waals surface area (Å²) < 4.78 is 18.9. The van der Waals surface area contributed by atoms with Crippen molar-refractivity contribution in [2.24, 2.45) is 0 Å². The smallest absolute Gasteiger partial charge is 0.227 e. The lowest BCUT2D eigenvalue weighted by Crippen LogP contribution is -2.28. The molecule has 0 aliphatic carbocycles. The number of nitrogens with zero attached hydrogens (tertiary/aromatic N) is 3. The van der Waals surface area contributed by atoms with E-state index in [4.69, 9.17) is 21.1 Å². The SMILES string of the molecule is Cc1noc(C)c1-c1ccc2[nH]c([C@@H]3CCC(=O)N3c3ccc(F)c(Cl)c3)nc2c1. The average Bonchev–Trinajstić information content (AvgIpc) is 3.40. The maximum absolute atomic E-state index is 13.6. The van der Waals surface area contributed by atoms with E-state index in [1.54, 1.807) is 11.0 Å². The lowest BCUT2D eigenvalue weighted by Gasteiger charge is -2.23. The highest BCUT2D eigenvalue weighted by Gasteiger charge is 2.35. The Bertz CT molecular complexity index is 1280. The minimum atomic E-state index is -0.515. The molecule has 0 saturated carbocycles. The van der Waals surface area contributed by atoms with Crippen LogP contribution in [-0.4, -0.2) is 21.0 Å². The van der Waals surface area contributed by atoms with Crippen LogP contribution in [0, 0.1) is 19.7 Å². The zero-order chi connectivity index (χ0) is 21.0. The number of rotatable bonds is 3. The van der Waals surface area contributed by atoms with Crippen molar-refractivity contribution in [1.29, 1.82) is 0 Å². The molecule has 1 saturated heterocycles. The van der Waals surface area contributed by atoms with Crippen molar-refractivity contribution in [3.63, 3.8) is 0 Å². The molecule has 8 heteroatoms. The van der Waals surface area contributed by atoms with E-state index in [1.165, 1.54) is 12.1 Å². The number of imidazole rings is 1. The largest absolute Gasteiger partial charge is 0.361 e. The number of hydrogen-bond acceptors (Lipinski definition) is 4. The van der Waals surface area contributed by atoms with Gasteiger partial charge < -0.3 is 14.4 Å². The van der Waals surface area contributed by atoms with Crippen LogP contribution in [0.3, 0.4) is 0 Å². The first kappa shape index (κ1) is 18.8. The number of carbonyl (C=O) groups is 1. The van der Waals surface area contributed by atoms with Crippen LogP contribution in [-0.2, 0) is 4.79 Å². The quantitative estimate of drug-likeness (QED) is 0.471.